The van der Waals surface area contributed by atoms with Gasteiger partial charge in [-0.2, -0.15) is 11.8 Å². The normalized spacial score (nSPS) is 30.1. The predicted octanol–water partition coefficient (Wildman–Crippen LogP) is 2.85. The maximum atomic E-state index is 12.1. The van der Waals surface area contributed by atoms with Crippen molar-refractivity contribution < 1.29 is 9.59 Å². The molecule has 0 radical (unpaired) electrons. The van der Waals surface area contributed by atoms with E-state index >= 15 is 0 Å². The van der Waals surface area contributed by atoms with E-state index < -0.39 is 0 Å². The van der Waals surface area contributed by atoms with Crippen LogP contribution in [0.25, 0.3) is 0 Å². The summed E-state index contributed by atoms with van der Waals surface area (Å²) in [6.45, 7) is 12.5. The summed E-state index contributed by atoms with van der Waals surface area (Å²) in [5, 5.41) is 6.34. The third-order valence-electron chi connectivity index (χ3n) is 5.63. The summed E-state index contributed by atoms with van der Waals surface area (Å²) in [6.07, 6.45) is 3.27. The van der Waals surface area contributed by atoms with Crippen LogP contribution in [0.2, 0.25) is 0 Å². The highest BCUT2D eigenvalue weighted by molar-refractivity contribution is 8.00. The van der Waals surface area contributed by atoms with Gasteiger partial charge in [0.15, 0.2) is 0 Å². The molecule has 0 aromatic carbocycles. The summed E-state index contributed by atoms with van der Waals surface area (Å²) in [5.41, 5.74) is -0.166. The molecule has 3 aliphatic heterocycles. The second kappa shape index (κ2) is 7.98. The van der Waals surface area contributed by atoms with Crippen molar-refractivity contribution in [2.75, 3.05) is 18.8 Å². The molecule has 6 heteroatoms. The van der Waals surface area contributed by atoms with Gasteiger partial charge >= 0.3 is 6.03 Å². The zero-order valence-electron chi connectivity index (χ0n) is 15.7. The van der Waals surface area contributed by atoms with Crippen LogP contribution in [0.4, 0.5) is 4.79 Å². The number of nitrogens with zero attached hydrogens (tertiary/aromatic N) is 1. The van der Waals surface area contributed by atoms with Gasteiger partial charge in [0.1, 0.15) is 0 Å². The lowest BCUT2D eigenvalue weighted by molar-refractivity contribution is -0.141. The van der Waals surface area contributed by atoms with Gasteiger partial charge in [-0.3, -0.25) is 4.79 Å². The monoisotopic (exact) mass is 355 g/mol. The van der Waals surface area contributed by atoms with Gasteiger partial charge in [-0.15, -0.1) is 0 Å². The Hall–Kier alpha value is -0.910. The lowest BCUT2D eigenvalue weighted by atomic mass is 9.87. The number of rotatable bonds is 2. The number of hydrogen-bond donors (Lipinski definition) is 2. The van der Waals surface area contributed by atoms with Gasteiger partial charge in [0, 0.05) is 29.5 Å². The number of urea groups is 1. The Labute approximate surface area is 150 Å². The van der Waals surface area contributed by atoms with E-state index in [0.717, 1.165) is 31.2 Å². The number of carbonyl (C=O) groups is 2. The van der Waals surface area contributed by atoms with Gasteiger partial charge in [0.2, 0.25) is 5.91 Å². The molecule has 5 nitrogen and oxygen atoms in total. The van der Waals surface area contributed by atoms with Crippen LogP contribution in [0.15, 0.2) is 0 Å². The molecule has 0 aliphatic carbocycles. The van der Waals surface area contributed by atoms with Crippen molar-refractivity contribution in [3.05, 3.63) is 0 Å². The van der Waals surface area contributed by atoms with Crippen molar-refractivity contribution in [3.63, 3.8) is 0 Å². The number of nitrogens with one attached hydrogen (secondary N) is 2. The Morgan fingerprint density at radius 1 is 1.25 bits per heavy atom. The molecule has 3 saturated heterocycles. The van der Waals surface area contributed by atoms with Gasteiger partial charge in [-0.1, -0.05) is 34.6 Å². The smallest absolute Gasteiger partial charge is 0.315 e. The number of carbonyl (C=O) groups excluding carboxylic acids is 2. The fourth-order valence-corrected chi connectivity index (χ4v) is 4.56. The van der Waals surface area contributed by atoms with Gasteiger partial charge < -0.3 is 15.5 Å². The Morgan fingerprint density at radius 3 is 2.42 bits per heavy atom. The fourth-order valence-electron chi connectivity index (χ4n) is 3.29. The molecule has 0 aromatic heterocycles. The molecular weight excluding hydrogens is 322 g/mol. The fraction of sp³-hybridized carbons (Fsp3) is 0.889. The van der Waals surface area contributed by atoms with Crippen molar-refractivity contribution >= 4 is 23.7 Å². The molecule has 3 unspecified atom stereocenters. The maximum absolute atomic E-state index is 12.1. The van der Waals surface area contributed by atoms with Crippen LogP contribution in [0.5, 0.6) is 0 Å². The molecule has 0 saturated carbocycles. The summed E-state index contributed by atoms with van der Waals surface area (Å²) in [5.74, 6) is 2.19. The lowest BCUT2D eigenvalue weighted by Crippen LogP contribution is -2.44. The molecule has 3 atom stereocenters. The van der Waals surface area contributed by atoms with Crippen molar-refractivity contribution in [2.45, 2.75) is 71.2 Å². The van der Waals surface area contributed by atoms with E-state index in [1.807, 2.05) is 30.5 Å². The molecule has 2 N–H and O–H groups in total. The molecule has 138 valence electrons. The highest BCUT2D eigenvalue weighted by atomic mass is 32.2. The van der Waals surface area contributed by atoms with Crippen molar-refractivity contribution in [1.29, 1.82) is 0 Å². The Balaban J connectivity index is 0.000000182. The average molecular weight is 356 g/mol. The number of fused-ring (bicyclic) bond motifs is 1. The third kappa shape index (κ3) is 4.58. The number of likely N-dealkylation sites (tertiary alicyclic amines) is 1. The van der Waals surface area contributed by atoms with Crippen LogP contribution in [0, 0.1) is 11.3 Å². The van der Waals surface area contributed by atoms with E-state index in [0.29, 0.717) is 23.2 Å². The van der Waals surface area contributed by atoms with E-state index in [1.165, 1.54) is 12.8 Å². The van der Waals surface area contributed by atoms with Crippen molar-refractivity contribution in [2.24, 2.45) is 11.3 Å². The minimum absolute atomic E-state index is 0.00199. The van der Waals surface area contributed by atoms with Gasteiger partial charge in [0.25, 0.3) is 0 Å². The van der Waals surface area contributed by atoms with E-state index in [1.54, 1.807) is 0 Å². The van der Waals surface area contributed by atoms with E-state index in [2.05, 4.69) is 31.4 Å². The molecular formula is C18H33N3O2S. The molecule has 0 aromatic rings. The lowest BCUT2D eigenvalue weighted by Gasteiger charge is -2.35. The van der Waals surface area contributed by atoms with Crippen LogP contribution < -0.4 is 10.6 Å². The summed E-state index contributed by atoms with van der Waals surface area (Å²) in [7, 11) is 0. The van der Waals surface area contributed by atoms with Crippen LogP contribution in [-0.2, 0) is 4.79 Å². The quantitative estimate of drug-likeness (QED) is 0.749. The zero-order valence-corrected chi connectivity index (χ0v) is 16.5. The molecule has 0 bridgehead atoms. The first-order valence-electron chi connectivity index (χ1n) is 9.22. The summed E-state index contributed by atoms with van der Waals surface area (Å²) in [6, 6.07) is 0.757. The van der Waals surface area contributed by atoms with Gasteiger partial charge in [-0.05, 0) is 25.2 Å². The number of piperidine rings is 1. The summed E-state index contributed by atoms with van der Waals surface area (Å²) < 4.78 is 0. The Kier molecular flexibility index (Phi) is 6.46. The Morgan fingerprint density at radius 2 is 1.88 bits per heavy atom. The third-order valence-corrected chi connectivity index (χ3v) is 7.00. The standard InChI is InChI=1S/C12H23NO.C6H10N2OS/c1-5-12(3,4)11(14)13-8-6-10(2)7-9-13;1-3-5-4(2-10-3)7-6(9)8-5/h10H,5-9H2,1-4H3;3-5H,2H2,1H3,(H2,7,8,9). The summed E-state index contributed by atoms with van der Waals surface area (Å²) in [4.78, 5) is 24.9. The Bertz CT molecular complexity index is 461. The second-order valence-electron chi connectivity index (χ2n) is 8.00. The number of amides is 3. The summed E-state index contributed by atoms with van der Waals surface area (Å²) >= 11 is 1.91. The van der Waals surface area contributed by atoms with Crippen LogP contribution in [0.1, 0.15) is 53.9 Å². The van der Waals surface area contributed by atoms with Crippen LogP contribution in [0.3, 0.4) is 0 Å². The van der Waals surface area contributed by atoms with E-state index in [4.69, 9.17) is 0 Å². The van der Waals surface area contributed by atoms with Crippen LogP contribution in [-0.4, -0.2) is 53.0 Å². The highest BCUT2D eigenvalue weighted by Gasteiger charge is 2.40. The molecule has 3 rings (SSSR count). The molecule has 3 fully saturated rings. The first-order valence-corrected chi connectivity index (χ1v) is 10.3. The van der Waals surface area contributed by atoms with Crippen molar-refractivity contribution in [3.8, 4) is 0 Å². The topological polar surface area (TPSA) is 61.4 Å². The zero-order chi connectivity index (χ0) is 17.9. The first kappa shape index (κ1) is 19.4. The maximum Gasteiger partial charge on any atom is 0.315 e. The number of thioether (sulfide) groups is 1. The van der Waals surface area contributed by atoms with Gasteiger partial charge in [-0.25, -0.2) is 4.79 Å². The van der Waals surface area contributed by atoms with Crippen LogP contribution >= 0.6 is 11.8 Å². The number of hydrogen-bond acceptors (Lipinski definition) is 3. The minimum Gasteiger partial charge on any atom is -0.342 e. The molecule has 3 heterocycles. The molecule has 24 heavy (non-hydrogen) atoms. The van der Waals surface area contributed by atoms with Gasteiger partial charge in [0.05, 0.1) is 12.1 Å². The van der Waals surface area contributed by atoms with E-state index in [-0.39, 0.29) is 11.4 Å². The molecule has 0 spiro atoms. The average Bonchev–Trinajstić information content (AvgIpc) is 3.08. The largest absolute Gasteiger partial charge is 0.342 e. The van der Waals surface area contributed by atoms with E-state index in [9.17, 15) is 9.59 Å². The predicted molar refractivity (Wildman–Crippen MR) is 100 cm³/mol. The minimum atomic E-state index is -0.166. The molecule has 3 aliphatic rings. The second-order valence-corrected chi connectivity index (χ2v) is 9.41. The first-order chi connectivity index (χ1) is 11.2. The molecule has 3 amide bonds. The van der Waals surface area contributed by atoms with Crippen molar-refractivity contribution in [1.82, 2.24) is 15.5 Å². The highest BCUT2D eigenvalue weighted by Crippen LogP contribution is 2.29. The SMILES string of the molecule is CC1SCC2NC(=O)NC21.CCC(C)(C)C(=O)N1CCC(C)CC1.